The predicted molar refractivity (Wildman–Crippen MR) is 108 cm³/mol. The predicted octanol–water partition coefficient (Wildman–Crippen LogP) is 5.08. The average Bonchev–Trinajstić information content (AvgIpc) is 2.95. The van der Waals surface area contributed by atoms with E-state index in [-0.39, 0.29) is 5.91 Å². The Bertz CT molecular complexity index is 870. The van der Waals surface area contributed by atoms with Gasteiger partial charge in [0.1, 0.15) is 4.32 Å². The third kappa shape index (κ3) is 3.10. The number of carbonyl (C=O) groups excluding carboxylic acids is 1. The first kappa shape index (κ1) is 17.5. The second-order valence-electron chi connectivity index (χ2n) is 5.57. The van der Waals surface area contributed by atoms with Crippen molar-refractivity contribution in [2.75, 3.05) is 6.54 Å². The van der Waals surface area contributed by atoms with Gasteiger partial charge < -0.3 is 4.57 Å². The molecule has 0 N–H and O–H groups in total. The van der Waals surface area contributed by atoms with Gasteiger partial charge in [0.25, 0.3) is 5.91 Å². The zero-order valence-electron chi connectivity index (χ0n) is 13.7. The van der Waals surface area contributed by atoms with Crippen molar-refractivity contribution >= 4 is 56.2 Å². The fourth-order valence-corrected chi connectivity index (χ4v) is 4.62. The van der Waals surface area contributed by atoms with E-state index in [1.165, 1.54) is 11.8 Å². The van der Waals surface area contributed by atoms with Gasteiger partial charge in [0.05, 0.1) is 4.91 Å². The topological polar surface area (TPSA) is 25.2 Å². The van der Waals surface area contributed by atoms with Crippen LogP contribution in [0.2, 0.25) is 0 Å². The van der Waals surface area contributed by atoms with E-state index < -0.39 is 0 Å². The summed E-state index contributed by atoms with van der Waals surface area (Å²) >= 11 is 10.2. The molecule has 3 nitrogen and oxygen atoms in total. The third-order valence-electron chi connectivity index (χ3n) is 4.01. The van der Waals surface area contributed by atoms with Gasteiger partial charge in [-0.3, -0.25) is 9.69 Å². The molecule has 0 radical (unpaired) electrons. The van der Waals surface area contributed by atoms with Crippen LogP contribution in [0.4, 0.5) is 0 Å². The number of thiocarbonyl (C=S) groups is 1. The zero-order chi connectivity index (χ0) is 17.4. The van der Waals surface area contributed by atoms with Crippen LogP contribution in [-0.2, 0) is 4.79 Å². The Balaban J connectivity index is 2.03. The normalized spacial score (nSPS) is 16.5. The second-order valence-corrected chi connectivity index (χ2v) is 8.16. The number of halogens is 1. The SMILES string of the molecule is CCN1C(=O)/C(=C/c2cc(C)n(-c3cccc(Br)c3)c2C)SC1=S. The molecular formula is C18H17BrN2OS2. The number of amides is 1. The molecule has 0 atom stereocenters. The quantitative estimate of drug-likeness (QED) is 0.511. The van der Waals surface area contributed by atoms with Crippen LogP contribution < -0.4 is 0 Å². The highest BCUT2D eigenvalue weighted by Gasteiger charge is 2.30. The minimum absolute atomic E-state index is 0.000224. The van der Waals surface area contributed by atoms with Gasteiger partial charge in [0.2, 0.25) is 0 Å². The summed E-state index contributed by atoms with van der Waals surface area (Å²) in [5.41, 5.74) is 4.37. The maximum Gasteiger partial charge on any atom is 0.266 e. The number of benzene rings is 1. The molecule has 2 heterocycles. The molecule has 0 bridgehead atoms. The van der Waals surface area contributed by atoms with Gasteiger partial charge in [-0.2, -0.15) is 0 Å². The van der Waals surface area contributed by atoms with Gasteiger partial charge in [-0.1, -0.05) is 46.0 Å². The lowest BCUT2D eigenvalue weighted by Gasteiger charge is -2.10. The highest BCUT2D eigenvalue weighted by atomic mass is 79.9. The molecule has 1 aliphatic heterocycles. The molecule has 2 aromatic rings. The Morgan fingerprint density at radius 1 is 1.29 bits per heavy atom. The van der Waals surface area contributed by atoms with Crippen LogP contribution >= 0.6 is 39.9 Å². The Kier molecular flexibility index (Phi) is 4.99. The van der Waals surface area contributed by atoms with Crippen molar-refractivity contribution in [3.8, 4) is 5.69 Å². The summed E-state index contributed by atoms with van der Waals surface area (Å²) in [6.07, 6.45) is 1.95. The molecule has 1 aliphatic rings. The van der Waals surface area contributed by atoms with Crippen molar-refractivity contribution in [2.24, 2.45) is 0 Å². The smallest absolute Gasteiger partial charge is 0.266 e. The van der Waals surface area contributed by atoms with Crippen molar-refractivity contribution in [1.82, 2.24) is 9.47 Å². The van der Waals surface area contributed by atoms with Crippen LogP contribution in [0.1, 0.15) is 23.9 Å². The fourth-order valence-electron chi connectivity index (χ4n) is 2.86. The van der Waals surface area contributed by atoms with Gasteiger partial charge >= 0.3 is 0 Å². The van der Waals surface area contributed by atoms with Crippen LogP contribution in [0.3, 0.4) is 0 Å². The summed E-state index contributed by atoms with van der Waals surface area (Å²) in [6, 6.07) is 10.3. The van der Waals surface area contributed by atoms with Gasteiger partial charge in [-0.05, 0) is 56.7 Å². The highest BCUT2D eigenvalue weighted by molar-refractivity contribution is 9.10. The molecular weight excluding hydrogens is 404 g/mol. The van der Waals surface area contributed by atoms with E-state index in [0.717, 1.165) is 27.1 Å². The molecule has 1 fully saturated rings. The summed E-state index contributed by atoms with van der Waals surface area (Å²) < 4.78 is 3.87. The molecule has 0 spiro atoms. The Morgan fingerprint density at radius 2 is 2.04 bits per heavy atom. The van der Waals surface area contributed by atoms with E-state index in [2.05, 4.69) is 52.5 Å². The average molecular weight is 421 g/mol. The Morgan fingerprint density at radius 3 is 2.67 bits per heavy atom. The minimum Gasteiger partial charge on any atom is -0.318 e. The van der Waals surface area contributed by atoms with Crippen LogP contribution in [0.25, 0.3) is 11.8 Å². The summed E-state index contributed by atoms with van der Waals surface area (Å²) in [4.78, 5) is 14.7. The lowest BCUT2D eigenvalue weighted by molar-refractivity contribution is -0.121. The van der Waals surface area contributed by atoms with Crippen LogP contribution in [0, 0.1) is 13.8 Å². The van der Waals surface area contributed by atoms with Gasteiger partial charge in [-0.15, -0.1) is 0 Å². The van der Waals surface area contributed by atoms with Crippen molar-refractivity contribution in [2.45, 2.75) is 20.8 Å². The number of aromatic nitrogens is 1. The van der Waals surface area contributed by atoms with E-state index in [4.69, 9.17) is 12.2 Å². The maximum atomic E-state index is 12.4. The minimum atomic E-state index is -0.000224. The fraction of sp³-hybridized carbons (Fsp3) is 0.222. The first-order valence-electron chi connectivity index (χ1n) is 7.62. The largest absolute Gasteiger partial charge is 0.318 e. The van der Waals surface area contributed by atoms with E-state index in [1.807, 2.05) is 25.1 Å². The van der Waals surface area contributed by atoms with Crippen LogP contribution in [-0.4, -0.2) is 26.2 Å². The summed E-state index contributed by atoms with van der Waals surface area (Å²) in [5, 5.41) is 0. The maximum absolute atomic E-state index is 12.4. The number of likely N-dealkylation sites (N-methyl/N-ethyl adjacent to an activating group) is 1. The van der Waals surface area contributed by atoms with Gasteiger partial charge in [-0.25, -0.2) is 0 Å². The molecule has 124 valence electrons. The molecule has 24 heavy (non-hydrogen) atoms. The standard InChI is InChI=1S/C18H17BrN2OS2/c1-4-20-17(22)16(24-18(20)23)9-13-8-11(2)21(12(13)3)15-7-5-6-14(19)10-15/h5-10H,4H2,1-3H3/b16-9-. The molecule has 1 amide bonds. The van der Waals surface area contributed by atoms with E-state index in [9.17, 15) is 4.79 Å². The van der Waals surface area contributed by atoms with Crippen molar-refractivity contribution < 1.29 is 4.79 Å². The Labute approximate surface area is 159 Å². The summed E-state index contributed by atoms with van der Waals surface area (Å²) in [7, 11) is 0. The molecule has 0 saturated carbocycles. The number of rotatable bonds is 3. The molecule has 1 aromatic carbocycles. The number of nitrogens with zero attached hydrogens (tertiary/aromatic N) is 2. The Hall–Kier alpha value is -1.37. The number of carbonyl (C=O) groups is 1. The monoisotopic (exact) mass is 420 g/mol. The van der Waals surface area contributed by atoms with Gasteiger partial charge in [0.15, 0.2) is 0 Å². The summed E-state index contributed by atoms with van der Waals surface area (Å²) in [5.74, 6) is -0.000224. The molecule has 1 saturated heterocycles. The van der Waals surface area contributed by atoms with Crippen molar-refractivity contribution in [1.29, 1.82) is 0 Å². The van der Waals surface area contributed by atoms with Crippen molar-refractivity contribution in [3.05, 3.63) is 56.7 Å². The number of hydrogen-bond donors (Lipinski definition) is 0. The van der Waals surface area contributed by atoms with E-state index >= 15 is 0 Å². The molecule has 1 aromatic heterocycles. The van der Waals surface area contributed by atoms with Crippen molar-refractivity contribution in [3.63, 3.8) is 0 Å². The zero-order valence-corrected chi connectivity index (χ0v) is 16.9. The molecule has 6 heteroatoms. The van der Waals surface area contributed by atoms with E-state index in [1.54, 1.807) is 4.90 Å². The van der Waals surface area contributed by atoms with E-state index in [0.29, 0.717) is 15.8 Å². The lowest BCUT2D eigenvalue weighted by atomic mass is 10.2. The molecule has 3 rings (SSSR count). The third-order valence-corrected chi connectivity index (χ3v) is 5.88. The lowest BCUT2D eigenvalue weighted by Crippen LogP contribution is -2.27. The second kappa shape index (κ2) is 6.86. The van der Waals surface area contributed by atoms with Crippen LogP contribution in [0.5, 0.6) is 0 Å². The van der Waals surface area contributed by atoms with Gasteiger partial charge in [0, 0.05) is 28.1 Å². The summed E-state index contributed by atoms with van der Waals surface area (Å²) in [6.45, 7) is 6.69. The number of aryl methyl sites for hydroxylation is 1. The number of thioether (sulfide) groups is 1. The van der Waals surface area contributed by atoms with Crippen LogP contribution in [0.15, 0.2) is 39.7 Å². The number of hydrogen-bond acceptors (Lipinski definition) is 3. The molecule has 0 aliphatic carbocycles. The first-order valence-corrected chi connectivity index (χ1v) is 9.64. The highest BCUT2D eigenvalue weighted by Crippen LogP contribution is 2.33. The first-order chi connectivity index (χ1) is 11.4. The molecule has 0 unspecified atom stereocenters.